The highest BCUT2D eigenvalue weighted by molar-refractivity contribution is 6.25. The number of nitrogens with zero attached hydrogens (tertiary/aromatic N) is 1. The van der Waals surface area contributed by atoms with Gasteiger partial charge in [-0.3, -0.25) is 19.7 Å². The van der Waals surface area contributed by atoms with Crippen LogP contribution in [0.4, 0.5) is 5.69 Å². The van der Waals surface area contributed by atoms with Crippen LogP contribution in [0.3, 0.4) is 0 Å². The monoisotopic (exact) mass is 579 g/mol. The highest BCUT2D eigenvalue weighted by atomic mass is 16.5. The van der Waals surface area contributed by atoms with Crippen molar-refractivity contribution in [2.24, 2.45) is 11.8 Å². The second-order valence-electron chi connectivity index (χ2n) is 11.2. The fourth-order valence-corrected chi connectivity index (χ4v) is 6.97. The maximum Gasteiger partial charge on any atom is 0.337 e. The number of aliphatic carboxylic acids is 1. The molecule has 3 N–H and O–H groups in total. The van der Waals surface area contributed by atoms with Gasteiger partial charge in [-0.1, -0.05) is 62.4 Å². The number of para-hydroxylation sites is 2. The van der Waals surface area contributed by atoms with E-state index < -0.39 is 47.2 Å². The van der Waals surface area contributed by atoms with Gasteiger partial charge in [-0.15, -0.1) is 0 Å². The van der Waals surface area contributed by atoms with Crippen LogP contribution in [-0.4, -0.2) is 46.5 Å². The number of aromatic amines is 1. The fourth-order valence-electron chi connectivity index (χ4n) is 6.97. The normalized spacial score (nSPS) is 23.1. The first kappa shape index (κ1) is 28.4. The predicted molar refractivity (Wildman–Crippen MR) is 161 cm³/mol. The lowest BCUT2D eigenvalue weighted by Gasteiger charge is -2.32. The third-order valence-corrected chi connectivity index (χ3v) is 9.06. The molecular weight excluding hydrogens is 546 g/mol. The lowest BCUT2D eigenvalue weighted by molar-refractivity contribution is -0.148. The smallest absolute Gasteiger partial charge is 0.337 e. The average molecular weight is 580 g/mol. The van der Waals surface area contributed by atoms with Crippen LogP contribution < -0.4 is 10.2 Å². The number of methoxy groups -OCH3 is 1. The topological polar surface area (TPSA) is 129 Å². The van der Waals surface area contributed by atoms with Crippen LogP contribution in [0.2, 0.25) is 0 Å². The quantitative estimate of drug-likeness (QED) is 0.206. The number of aromatic nitrogens is 1. The average Bonchev–Trinajstić information content (AvgIpc) is 3.68. The molecule has 4 atom stereocenters. The molecular formula is C34H33N3O6. The van der Waals surface area contributed by atoms with Crippen LogP contribution in [0.15, 0.2) is 72.9 Å². The molecule has 3 heterocycles. The summed E-state index contributed by atoms with van der Waals surface area (Å²) in [6.07, 6.45) is 2.95. The van der Waals surface area contributed by atoms with Gasteiger partial charge in [0.2, 0.25) is 11.8 Å². The number of carbonyl (C=O) groups is 4. The molecule has 9 heteroatoms. The zero-order valence-electron chi connectivity index (χ0n) is 24.2. The Hall–Kier alpha value is -4.76. The van der Waals surface area contributed by atoms with Crippen molar-refractivity contribution < 1.29 is 29.0 Å². The van der Waals surface area contributed by atoms with Gasteiger partial charge in [0.1, 0.15) is 5.54 Å². The Morgan fingerprint density at radius 2 is 1.58 bits per heavy atom. The number of carboxylic acid groups (broad SMARTS) is 1. The zero-order chi connectivity index (χ0) is 30.5. The molecule has 0 spiro atoms. The van der Waals surface area contributed by atoms with Gasteiger partial charge >= 0.3 is 11.9 Å². The van der Waals surface area contributed by atoms with Crippen molar-refractivity contribution in [2.45, 2.75) is 44.7 Å². The molecule has 4 unspecified atom stereocenters. The van der Waals surface area contributed by atoms with Gasteiger partial charge in [-0.25, -0.2) is 9.69 Å². The van der Waals surface area contributed by atoms with E-state index in [4.69, 9.17) is 4.74 Å². The standard InChI is InChI=1S/C34H33N3O6/c1-4-19-9-8-10-20(5-2)29(19)37-30(38)26-27(31(37)39)34(33(41)42,17-23-18-35-25-12-7-6-11-24(23)25)36-28(26)21-13-15-22(16-14-21)32(40)43-3/h6-16,18,26-28,35-36H,4-5,17H2,1-3H3,(H,41,42). The van der Waals surface area contributed by atoms with Crippen LogP contribution in [0.1, 0.15) is 52.5 Å². The van der Waals surface area contributed by atoms with Crippen molar-refractivity contribution in [3.63, 3.8) is 0 Å². The number of hydrogen-bond donors (Lipinski definition) is 3. The number of fused-ring (bicyclic) bond motifs is 2. The zero-order valence-corrected chi connectivity index (χ0v) is 24.2. The SMILES string of the molecule is CCc1cccc(CC)c1N1C(=O)C2C(c3ccc(C(=O)OC)cc3)NC(Cc3c[nH]c4ccccc34)(C(=O)O)C2C1=O. The molecule has 0 bridgehead atoms. The largest absolute Gasteiger partial charge is 0.480 e. The number of esters is 1. The highest BCUT2D eigenvalue weighted by Gasteiger charge is 2.69. The highest BCUT2D eigenvalue weighted by Crippen LogP contribution is 2.52. The van der Waals surface area contributed by atoms with Gasteiger partial charge < -0.3 is 14.8 Å². The molecule has 43 heavy (non-hydrogen) atoms. The Balaban J connectivity index is 1.52. The Morgan fingerprint density at radius 1 is 0.907 bits per heavy atom. The van der Waals surface area contributed by atoms with Gasteiger partial charge in [0.15, 0.2) is 0 Å². The second kappa shape index (κ2) is 10.8. The summed E-state index contributed by atoms with van der Waals surface area (Å²) >= 11 is 0. The van der Waals surface area contributed by atoms with Crippen LogP contribution in [-0.2, 0) is 38.4 Å². The van der Waals surface area contributed by atoms with E-state index in [1.165, 1.54) is 12.0 Å². The molecule has 4 aromatic rings. The Labute approximate surface area is 248 Å². The first-order valence-electron chi connectivity index (χ1n) is 14.5. The molecule has 0 saturated carbocycles. The van der Waals surface area contributed by atoms with Gasteiger partial charge in [0.25, 0.3) is 0 Å². The Morgan fingerprint density at radius 3 is 2.21 bits per heavy atom. The number of carboxylic acids is 1. The molecule has 3 aromatic carbocycles. The summed E-state index contributed by atoms with van der Waals surface area (Å²) in [4.78, 5) is 59.0. The van der Waals surface area contributed by atoms with E-state index in [1.54, 1.807) is 30.5 Å². The number of amides is 2. The number of imide groups is 1. The van der Waals surface area contributed by atoms with E-state index in [0.29, 0.717) is 29.7 Å². The first-order valence-corrected chi connectivity index (χ1v) is 14.5. The lowest BCUT2D eigenvalue weighted by Crippen LogP contribution is -2.57. The van der Waals surface area contributed by atoms with Crippen molar-refractivity contribution in [1.82, 2.24) is 10.3 Å². The van der Waals surface area contributed by atoms with E-state index in [2.05, 4.69) is 10.3 Å². The summed E-state index contributed by atoms with van der Waals surface area (Å²) in [5, 5.41) is 15.1. The molecule has 9 nitrogen and oxygen atoms in total. The number of ether oxygens (including phenoxy) is 1. The van der Waals surface area contributed by atoms with Gasteiger partial charge in [-0.05, 0) is 53.3 Å². The second-order valence-corrected chi connectivity index (χ2v) is 11.2. The van der Waals surface area contributed by atoms with E-state index >= 15 is 0 Å². The minimum absolute atomic E-state index is 0.0207. The first-order chi connectivity index (χ1) is 20.7. The summed E-state index contributed by atoms with van der Waals surface area (Å²) in [5.74, 6) is -4.82. The van der Waals surface area contributed by atoms with Crippen LogP contribution in [0.5, 0.6) is 0 Å². The van der Waals surface area contributed by atoms with Crippen molar-refractivity contribution in [1.29, 1.82) is 0 Å². The lowest BCUT2D eigenvalue weighted by atomic mass is 9.76. The third-order valence-electron chi connectivity index (χ3n) is 9.06. The minimum Gasteiger partial charge on any atom is -0.480 e. The number of benzene rings is 3. The molecule has 2 aliphatic heterocycles. The van der Waals surface area contributed by atoms with E-state index in [1.807, 2.05) is 56.3 Å². The van der Waals surface area contributed by atoms with E-state index in [-0.39, 0.29) is 6.42 Å². The molecule has 2 amide bonds. The number of anilines is 1. The summed E-state index contributed by atoms with van der Waals surface area (Å²) in [7, 11) is 1.29. The number of rotatable bonds is 8. The molecule has 2 aliphatic rings. The number of hydrogen-bond acceptors (Lipinski definition) is 6. The third kappa shape index (κ3) is 4.34. The molecule has 2 saturated heterocycles. The van der Waals surface area contributed by atoms with Gasteiger partial charge in [-0.2, -0.15) is 0 Å². The number of carbonyl (C=O) groups excluding carboxylic acids is 3. The minimum atomic E-state index is -1.78. The molecule has 0 aliphatic carbocycles. The predicted octanol–water partition coefficient (Wildman–Crippen LogP) is 4.60. The molecule has 0 radical (unpaired) electrons. The van der Waals surface area contributed by atoms with Gasteiger partial charge in [0.05, 0.1) is 30.2 Å². The van der Waals surface area contributed by atoms with Gasteiger partial charge in [0, 0.05) is 29.6 Å². The number of H-pyrrole nitrogens is 1. The van der Waals surface area contributed by atoms with Crippen molar-refractivity contribution in [2.75, 3.05) is 12.0 Å². The fraction of sp³-hybridized carbons (Fsp3) is 0.294. The number of nitrogens with one attached hydrogen (secondary N) is 2. The van der Waals surface area contributed by atoms with Crippen molar-refractivity contribution >= 4 is 40.3 Å². The summed E-state index contributed by atoms with van der Waals surface area (Å²) in [5.41, 5.74) is 2.99. The van der Waals surface area contributed by atoms with Crippen molar-refractivity contribution in [3.05, 3.63) is 101 Å². The maximum atomic E-state index is 14.5. The van der Waals surface area contributed by atoms with Crippen LogP contribution in [0.25, 0.3) is 10.9 Å². The van der Waals surface area contributed by atoms with Crippen LogP contribution >= 0.6 is 0 Å². The number of aryl methyl sites for hydroxylation is 2. The van der Waals surface area contributed by atoms with Crippen LogP contribution in [0, 0.1) is 11.8 Å². The molecule has 2 fully saturated rings. The Bertz CT molecular complexity index is 1740. The summed E-state index contributed by atoms with van der Waals surface area (Å²) in [6, 6.07) is 19.0. The molecule has 220 valence electrons. The Kier molecular flexibility index (Phi) is 7.14. The molecule has 1 aromatic heterocycles. The summed E-state index contributed by atoms with van der Waals surface area (Å²) < 4.78 is 4.83. The van der Waals surface area contributed by atoms with Crippen molar-refractivity contribution in [3.8, 4) is 0 Å². The van der Waals surface area contributed by atoms with E-state index in [0.717, 1.165) is 27.6 Å². The maximum absolute atomic E-state index is 14.5. The van der Waals surface area contributed by atoms with E-state index in [9.17, 15) is 24.3 Å². The summed E-state index contributed by atoms with van der Waals surface area (Å²) in [6.45, 7) is 3.94. The molecule has 6 rings (SSSR count).